The van der Waals surface area contributed by atoms with Gasteiger partial charge in [0, 0.05) is 22.0 Å². The summed E-state index contributed by atoms with van der Waals surface area (Å²) in [6.07, 6.45) is 1.32. The van der Waals surface area contributed by atoms with Gasteiger partial charge in [0.25, 0.3) is 0 Å². The van der Waals surface area contributed by atoms with Crippen molar-refractivity contribution in [1.82, 2.24) is 0 Å². The summed E-state index contributed by atoms with van der Waals surface area (Å²) in [7, 11) is 1.67. The molecule has 0 amide bonds. The highest BCUT2D eigenvalue weighted by molar-refractivity contribution is 9.10. The number of halogens is 1. The molecule has 0 spiro atoms. The fraction of sp³-hybridized carbons (Fsp3) is 0.538. The van der Waals surface area contributed by atoms with E-state index in [0.717, 1.165) is 28.8 Å². The maximum absolute atomic E-state index is 6.33. The van der Waals surface area contributed by atoms with Gasteiger partial charge in [-0.25, -0.2) is 0 Å². The average Bonchev–Trinajstić information content (AvgIpc) is 2.75. The van der Waals surface area contributed by atoms with Gasteiger partial charge in [-0.1, -0.05) is 15.9 Å². The van der Waals surface area contributed by atoms with E-state index >= 15 is 0 Å². The van der Waals surface area contributed by atoms with Crippen LogP contribution in [0.1, 0.15) is 24.9 Å². The molecule has 1 saturated heterocycles. The standard InChI is InChI=1S/C13H18BrNO2/c1-8-5-9(7-17-8)13(15)11-6-10(14)3-4-12(11)16-2/h3-4,6,8-9,13H,5,7,15H2,1-2H3. The summed E-state index contributed by atoms with van der Waals surface area (Å²) in [5.41, 5.74) is 7.37. The molecule has 3 unspecified atom stereocenters. The van der Waals surface area contributed by atoms with Crippen LogP contribution >= 0.6 is 15.9 Å². The van der Waals surface area contributed by atoms with Gasteiger partial charge in [0.1, 0.15) is 5.75 Å². The molecule has 17 heavy (non-hydrogen) atoms. The Morgan fingerprint density at radius 3 is 2.88 bits per heavy atom. The molecule has 1 aliphatic rings. The lowest BCUT2D eigenvalue weighted by molar-refractivity contribution is 0.118. The number of nitrogens with two attached hydrogens (primary N) is 1. The van der Waals surface area contributed by atoms with Crippen molar-refractivity contribution in [3.8, 4) is 5.75 Å². The van der Waals surface area contributed by atoms with Crippen molar-refractivity contribution >= 4 is 15.9 Å². The van der Waals surface area contributed by atoms with E-state index in [1.165, 1.54) is 0 Å². The molecule has 3 atom stereocenters. The van der Waals surface area contributed by atoms with Crippen LogP contribution in [-0.4, -0.2) is 19.8 Å². The van der Waals surface area contributed by atoms with E-state index in [-0.39, 0.29) is 6.04 Å². The van der Waals surface area contributed by atoms with Gasteiger partial charge in [-0.05, 0) is 31.5 Å². The Morgan fingerprint density at radius 2 is 2.29 bits per heavy atom. The zero-order valence-electron chi connectivity index (χ0n) is 10.2. The monoisotopic (exact) mass is 299 g/mol. The fourth-order valence-electron chi connectivity index (χ4n) is 2.32. The Balaban J connectivity index is 2.23. The Labute approximate surface area is 110 Å². The van der Waals surface area contributed by atoms with E-state index in [2.05, 4.69) is 22.9 Å². The molecule has 0 bridgehead atoms. The first-order valence-electron chi connectivity index (χ1n) is 5.82. The molecule has 1 heterocycles. The van der Waals surface area contributed by atoms with Gasteiger partial charge in [0.05, 0.1) is 19.8 Å². The second kappa shape index (κ2) is 5.38. The van der Waals surface area contributed by atoms with Crippen LogP contribution in [0.5, 0.6) is 5.75 Å². The lowest BCUT2D eigenvalue weighted by Crippen LogP contribution is -2.22. The smallest absolute Gasteiger partial charge is 0.123 e. The van der Waals surface area contributed by atoms with Gasteiger partial charge in [-0.15, -0.1) is 0 Å². The SMILES string of the molecule is COc1ccc(Br)cc1C(N)C1COC(C)C1. The van der Waals surface area contributed by atoms with E-state index in [0.29, 0.717) is 12.0 Å². The van der Waals surface area contributed by atoms with Crippen molar-refractivity contribution in [1.29, 1.82) is 0 Å². The summed E-state index contributed by atoms with van der Waals surface area (Å²) in [6, 6.07) is 5.90. The maximum atomic E-state index is 6.33. The number of methoxy groups -OCH3 is 1. The van der Waals surface area contributed by atoms with E-state index in [1.807, 2.05) is 18.2 Å². The summed E-state index contributed by atoms with van der Waals surface area (Å²) in [5, 5.41) is 0. The summed E-state index contributed by atoms with van der Waals surface area (Å²) >= 11 is 3.47. The topological polar surface area (TPSA) is 44.5 Å². The molecular formula is C13H18BrNO2. The Morgan fingerprint density at radius 1 is 1.53 bits per heavy atom. The van der Waals surface area contributed by atoms with Gasteiger partial charge in [0.2, 0.25) is 0 Å². The highest BCUT2D eigenvalue weighted by atomic mass is 79.9. The van der Waals surface area contributed by atoms with Crippen molar-refractivity contribution in [3.05, 3.63) is 28.2 Å². The largest absolute Gasteiger partial charge is 0.496 e. The van der Waals surface area contributed by atoms with Gasteiger partial charge in [0.15, 0.2) is 0 Å². The first kappa shape index (κ1) is 12.9. The number of ether oxygens (including phenoxy) is 2. The van der Waals surface area contributed by atoms with Gasteiger partial charge < -0.3 is 15.2 Å². The highest BCUT2D eigenvalue weighted by Crippen LogP contribution is 2.35. The van der Waals surface area contributed by atoms with Crippen LogP contribution in [0.3, 0.4) is 0 Å². The van der Waals surface area contributed by atoms with Crippen LogP contribution < -0.4 is 10.5 Å². The van der Waals surface area contributed by atoms with E-state index < -0.39 is 0 Å². The molecule has 2 rings (SSSR count). The predicted molar refractivity (Wildman–Crippen MR) is 71.1 cm³/mol. The molecule has 1 aliphatic heterocycles. The van der Waals surface area contributed by atoms with Crippen LogP contribution in [-0.2, 0) is 4.74 Å². The first-order valence-corrected chi connectivity index (χ1v) is 6.61. The molecule has 2 N–H and O–H groups in total. The van der Waals surface area contributed by atoms with Crippen molar-refractivity contribution in [2.24, 2.45) is 11.7 Å². The molecule has 1 aromatic carbocycles. The average molecular weight is 300 g/mol. The maximum Gasteiger partial charge on any atom is 0.123 e. The van der Waals surface area contributed by atoms with Gasteiger partial charge >= 0.3 is 0 Å². The number of rotatable bonds is 3. The lowest BCUT2D eigenvalue weighted by Gasteiger charge is -2.20. The molecule has 0 aromatic heterocycles. The second-order valence-corrected chi connectivity index (χ2v) is 5.47. The van der Waals surface area contributed by atoms with Gasteiger partial charge in [-0.2, -0.15) is 0 Å². The third-order valence-electron chi connectivity index (χ3n) is 3.29. The minimum Gasteiger partial charge on any atom is -0.496 e. The molecule has 1 fully saturated rings. The molecule has 1 aromatic rings. The molecule has 4 heteroatoms. The Bertz CT molecular complexity index is 397. The zero-order chi connectivity index (χ0) is 12.4. The highest BCUT2D eigenvalue weighted by Gasteiger charge is 2.29. The van der Waals surface area contributed by atoms with Crippen molar-refractivity contribution in [2.45, 2.75) is 25.5 Å². The number of benzene rings is 1. The molecular weight excluding hydrogens is 282 g/mol. The minimum absolute atomic E-state index is 0.0348. The minimum atomic E-state index is -0.0348. The predicted octanol–water partition coefficient (Wildman–Crippen LogP) is 2.88. The number of hydrogen-bond acceptors (Lipinski definition) is 3. The van der Waals surface area contributed by atoms with Gasteiger partial charge in [-0.3, -0.25) is 0 Å². The molecule has 3 nitrogen and oxygen atoms in total. The quantitative estimate of drug-likeness (QED) is 0.933. The third kappa shape index (κ3) is 2.81. The van der Waals surface area contributed by atoms with Crippen LogP contribution in [0.4, 0.5) is 0 Å². The Hall–Kier alpha value is -0.580. The van der Waals surface area contributed by atoms with Crippen LogP contribution in [0, 0.1) is 5.92 Å². The normalized spacial score (nSPS) is 25.9. The van der Waals surface area contributed by atoms with E-state index in [4.69, 9.17) is 15.2 Å². The van der Waals surface area contributed by atoms with Crippen LogP contribution in [0.15, 0.2) is 22.7 Å². The van der Waals surface area contributed by atoms with Crippen molar-refractivity contribution in [3.63, 3.8) is 0 Å². The van der Waals surface area contributed by atoms with Crippen molar-refractivity contribution < 1.29 is 9.47 Å². The molecule has 0 saturated carbocycles. The van der Waals surface area contributed by atoms with E-state index in [9.17, 15) is 0 Å². The molecule has 0 aliphatic carbocycles. The zero-order valence-corrected chi connectivity index (χ0v) is 11.7. The van der Waals surface area contributed by atoms with E-state index in [1.54, 1.807) is 7.11 Å². The summed E-state index contributed by atoms with van der Waals surface area (Å²) < 4.78 is 12.0. The Kier molecular flexibility index (Phi) is 4.07. The summed E-state index contributed by atoms with van der Waals surface area (Å²) in [5.74, 6) is 1.22. The summed E-state index contributed by atoms with van der Waals surface area (Å²) in [4.78, 5) is 0. The van der Waals surface area contributed by atoms with Crippen LogP contribution in [0.25, 0.3) is 0 Å². The molecule has 0 radical (unpaired) electrons. The summed E-state index contributed by atoms with van der Waals surface area (Å²) in [6.45, 7) is 2.82. The second-order valence-electron chi connectivity index (χ2n) is 4.55. The molecule has 94 valence electrons. The lowest BCUT2D eigenvalue weighted by atomic mass is 9.91. The fourth-order valence-corrected chi connectivity index (χ4v) is 2.70. The number of hydrogen-bond donors (Lipinski definition) is 1. The first-order chi connectivity index (χ1) is 8.11. The van der Waals surface area contributed by atoms with Crippen LogP contribution in [0.2, 0.25) is 0 Å². The van der Waals surface area contributed by atoms with Crippen molar-refractivity contribution in [2.75, 3.05) is 13.7 Å². The third-order valence-corrected chi connectivity index (χ3v) is 3.78.